The van der Waals surface area contributed by atoms with Crippen molar-refractivity contribution in [3.63, 3.8) is 0 Å². The third kappa shape index (κ3) is 4.99. The largest absolute Gasteiger partial charge is 0.459 e. The maximum Gasteiger partial charge on any atom is 0.341 e. The minimum atomic E-state index is -0.374. The first-order valence-corrected chi connectivity index (χ1v) is 11.2. The second-order valence-corrected chi connectivity index (χ2v) is 8.75. The highest BCUT2D eigenvalue weighted by Gasteiger charge is 2.28. The van der Waals surface area contributed by atoms with Crippen LogP contribution in [0.2, 0.25) is 0 Å². The summed E-state index contributed by atoms with van der Waals surface area (Å²) in [5.41, 5.74) is 2.14. The number of carbonyl (C=O) groups excluding carboxylic acids is 2. The zero-order chi connectivity index (χ0) is 21.8. The molecule has 3 heterocycles. The van der Waals surface area contributed by atoms with Crippen LogP contribution in [-0.4, -0.2) is 33.1 Å². The van der Waals surface area contributed by atoms with E-state index < -0.39 is 0 Å². The predicted molar refractivity (Wildman–Crippen MR) is 116 cm³/mol. The summed E-state index contributed by atoms with van der Waals surface area (Å²) in [5, 5.41) is 7.40. The summed E-state index contributed by atoms with van der Waals surface area (Å²) in [6, 6.07) is 5.44. The van der Waals surface area contributed by atoms with Crippen LogP contribution in [-0.2, 0) is 28.8 Å². The van der Waals surface area contributed by atoms with Crippen LogP contribution in [0.3, 0.4) is 0 Å². The number of esters is 1. The molecule has 0 unspecified atom stereocenters. The maximum absolute atomic E-state index is 12.7. The lowest BCUT2D eigenvalue weighted by Gasteiger charge is -2.14. The van der Waals surface area contributed by atoms with Gasteiger partial charge in [-0.3, -0.25) is 9.78 Å². The van der Waals surface area contributed by atoms with Crippen LogP contribution >= 0.6 is 11.3 Å². The molecule has 0 saturated carbocycles. The topological polar surface area (TPSA) is 107 Å². The zero-order valence-corrected chi connectivity index (χ0v) is 18.3. The Morgan fingerprint density at radius 1 is 1.26 bits per heavy atom. The summed E-state index contributed by atoms with van der Waals surface area (Å²) >= 11 is 1.48. The molecular formula is C22H24N4O4S. The number of fused-ring (bicyclic) bond motifs is 1. The first kappa shape index (κ1) is 21.2. The molecule has 31 heavy (non-hydrogen) atoms. The number of aryl methyl sites for hydroxylation is 2. The zero-order valence-electron chi connectivity index (χ0n) is 17.5. The quantitative estimate of drug-likeness (QED) is 0.548. The van der Waals surface area contributed by atoms with Crippen molar-refractivity contribution in [1.29, 1.82) is 0 Å². The fraction of sp³-hybridized carbons (Fsp3) is 0.409. The molecule has 4 rings (SSSR count). The Morgan fingerprint density at radius 2 is 2.10 bits per heavy atom. The molecule has 3 aromatic heterocycles. The van der Waals surface area contributed by atoms with Gasteiger partial charge in [0.15, 0.2) is 0 Å². The molecule has 1 aliphatic rings. The van der Waals surface area contributed by atoms with Crippen LogP contribution in [0.4, 0.5) is 5.00 Å². The van der Waals surface area contributed by atoms with Crippen molar-refractivity contribution in [2.45, 2.75) is 58.5 Å². The van der Waals surface area contributed by atoms with E-state index >= 15 is 0 Å². The molecule has 162 valence electrons. The van der Waals surface area contributed by atoms with Gasteiger partial charge < -0.3 is 14.6 Å². The van der Waals surface area contributed by atoms with E-state index in [2.05, 4.69) is 20.4 Å². The number of pyridine rings is 1. The Balaban J connectivity index is 1.43. The number of thiophene rings is 1. The van der Waals surface area contributed by atoms with E-state index in [4.69, 9.17) is 9.26 Å². The number of hydrogen-bond donors (Lipinski definition) is 1. The van der Waals surface area contributed by atoms with Crippen LogP contribution in [0.25, 0.3) is 11.5 Å². The van der Waals surface area contributed by atoms with E-state index in [1.807, 2.05) is 26.0 Å². The number of hydrogen-bond acceptors (Lipinski definition) is 8. The lowest BCUT2D eigenvalue weighted by atomic mass is 9.95. The molecule has 0 saturated heterocycles. The second kappa shape index (κ2) is 9.38. The molecule has 3 aromatic rings. The number of aromatic nitrogens is 3. The average molecular weight is 441 g/mol. The molecule has 0 aromatic carbocycles. The SMILES string of the molecule is CC(C)OC(=O)c1c(NC(=O)CCc2nc(-c3ccccn3)no2)sc2c1CCCC2. The van der Waals surface area contributed by atoms with E-state index in [0.717, 1.165) is 36.1 Å². The Hall–Kier alpha value is -3.07. The summed E-state index contributed by atoms with van der Waals surface area (Å²) in [4.78, 5) is 35.0. The van der Waals surface area contributed by atoms with E-state index in [1.165, 1.54) is 11.3 Å². The van der Waals surface area contributed by atoms with Crippen molar-refractivity contribution in [2.24, 2.45) is 0 Å². The van der Waals surface area contributed by atoms with Gasteiger partial charge in [-0.1, -0.05) is 11.2 Å². The van der Waals surface area contributed by atoms with Gasteiger partial charge in [-0.25, -0.2) is 4.79 Å². The molecule has 8 nitrogen and oxygen atoms in total. The van der Waals surface area contributed by atoms with E-state index in [-0.39, 0.29) is 24.4 Å². The van der Waals surface area contributed by atoms with Gasteiger partial charge in [-0.05, 0) is 57.2 Å². The van der Waals surface area contributed by atoms with Gasteiger partial charge in [-0.15, -0.1) is 11.3 Å². The highest BCUT2D eigenvalue weighted by atomic mass is 32.1. The molecule has 1 aliphatic carbocycles. The summed E-state index contributed by atoms with van der Waals surface area (Å²) in [6.07, 6.45) is 5.78. The van der Waals surface area contributed by atoms with Crippen molar-refractivity contribution in [3.8, 4) is 11.5 Å². The minimum absolute atomic E-state index is 0.158. The number of rotatable bonds is 7. The van der Waals surface area contributed by atoms with Crippen molar-refractivity contribution in [3.05, 3.63) is 46.3 Å². The molecule has 0 spiro atoms. The van der Waals surface area contributed by atoms with Crippen molar-refractivity contribution in [1.82, 2.24) is 15.1 Å². The normalized spacial score (nSPS) is 13.1. The van der Waals surface area contributed by atoms with Gasteiger partial charge in [0.2, 0.25) is 17.6 Å². The second-order valence-electron chi connectivity index (χ2n) is 7.64. The molecular weight excluding hydrogens is 416 g/mol. The lowest BCUT2D eigenvalue weighted by molar-refractivity contribution is -0.116. The van der Waals surface area contributed by atoms with Crippen molar-refractivity contribution < 1.29 is 18.8 Å². The monoisotopic (exact) mass is 440 g/mol. The molecule has 0 atom stereocenters. The number of nitrogens with zero attached hydrogens (tertiary/aromatic N) is 3. The van der Waals surface area contributed by atoms with Crippen LogP contribution in [0, 0.1) is 0 Å². The van der Waals surface area contributed by atoms with Crippen molar-refractivity contribution in [2.75, 3.05) is 5.32 Å². The predicted octanol–water partition coefficient (Wildman–Crippen LogP) is 4.21. The van der Waals surface area contributed by atoms with Gasteiger partial charge >= 0.3 is 5.97 Å². The fourth-order valence-corrected chi connectivity index (χ4v) is 4.80. The minimum Gasteiger partial charge on any atom is -0.459 e. The van der Waals surface area contributed by atoms with Gasteiger partial charge in [0.1, 0.15) is 10.7 Å². The number of anilines is 1. The molecule has 0 bridgehead atoms. The van der Waals surface area contributed by atoms with Gasteiger partial charge in [0.05, 0.1) is 11.7 Å². The fourth-order valence-electron chi connectivity index (χ4n) is 3.51. The van der Waals surface area contributed by atoms with Gasteiger partial charge in [-0.2, -0.15) is 4.98 Å². The Kier molecular flexibility index (Phi) is 6.41. The van der Waals surface area contributed by atoms with Crippen LogP contribution in [0.15, 0.2) is 28.9 Å². The van der Waals surface area contributed by atoms with E-state index in [1.54, 1.807) is 12.3 Å². The molecule has 0 aliphatic heterocycles. The Labute approximate surface area is 184 Å². The summed E-state index contributed by atoms with van der Waals surface area (Å²) in [5.74, 6) is 0.165. The average Bonchev–Trinajstić information content (AvgIpc) is 3.37. The molecule has 1 N–H and O–H groups in total. The summed E-state index contributed by atoms with van der Waals surface area (Å²) in [7, 11) is 0. The van der Waals surface area contributed by atoms with Gasteiger partial charge in [0, 0.05) is 23.9 Å². The number of nitrogens with one attached hydrogen (secondary N) is 1. The molecule has 9 heteroatoms. The van der Waals surface area contributed by atoms with Crippen LogP contribution < -0.4 is 5.32 Å². The molecule has 1 amide bonds. The number of carbonyl (C=O) groups is 2. The highest BCUT2D eigenvalue weighted by molar-refractivity contribution is 7.17. The lowest BCUT2D eigenvalue weighted by Crippen LogP contribution is -2.18. The molecule has 0 radical (unpaired) electrons. The van der Waals surface area contributed by atoms with E-state index in [9.17, 15) is 9.59 Å². The van der Waals surface area contributed by atoms with Crippen molar-refractivity contribution >= 4 is 28.2 Å². The third-order valence-corrected chi connectivity index (χ3v) is 6.11. The Morgan fingerprint density at radius 3 is 2.87 bits per heavy atom. The summed E-state index contributed by atoms with van der Waals surface area (Å²) < 4.78 is 10.7. The first-order valence-electron chi connectivity index (χ1n) is 10.4. The third-order valence-electron chi connectivity index (χ3n) is 4.90. The maximum atomic E-state index is 12.7. The van der Waals surface area contributed by atoms with Gasteiger partial charge in [0.25, 0.3) is 0 Å². The van der Waals surface area contributed by atoms with E-state index in [0.29, 0.717) is 34.4 Å². The smallest absolute Gasteiger partial charge is 0.341 e. The standard InChI is InChI=1S/C22H24N4O4S/c1-13(2)29-22(28)19-14-7-3-4-9-16(14)31-21(19)24-17(27)10-11-18-25-20(26-30-18)15-8-5-6-12-23-15/h5-6,8,12-13H,3-4,7,9-11H2,1-2H3,(H,24,27). The first-order chi connectivity index (χ1) is 15.0. The van der Waals surface area contributed by atoms with Crippen LogP contribution in [0.5, 0.6) is 0 Å². The summed E-state index contributed by atoms with van der Waals surface area (Å²) in [6.45, 7) is 3.64. The number of ether oxygens (including phenoxy) is 1. The highest BCUT2D eigenvalue weighted by Crippen LogP contribution is 2.38. The Bertz CT molecular complexity index is 1070. The van der Waals surface area contributed by atoms with Crippen LogP contribution in [0.1, 0.15) is 59.8 Å². The number of amides is 1. The molecule has 0 fully saturated rings.